The van der Waals surface area contributed by atoms with Gasteiger partial charge in [0.1, 0.15) is 5.75 Å². The van der Waals surface area contributed by atoms with E-state index < -0.39 is 0 Å². The predicted octanol–water partition coefficient (Wildman–Crippen LogP) is 2.12. The normalized spacial score (nSPS) is 20.4. The van der Waals surface area contributed by atoms with Crippen LogP contribution in [0, 0.1) is 0 Å². The predicted molar refractivity (Wildman–Crippen MR) is 114 cm³/mol. The molecule has 0 aliphatic carbocycles. The second kappa shape index (κ2) is 9.24. The number of nitrogens with zero attached hydrogens (tertiary/aromatic N) is 3. The summed E-state index contributed by atoms with van der Waals surface area (Å²) in [5.74, 6) is 1.84. The minimum absolute atomic E-state index is 0.0778. The highest BCUT2D eigenvalue weighted by Crippen LogP contribution is 2.26. The summed E-state index contributed by atoms with van der Waals surface area (Å²) in [5.41, 5.74) is 1.90. The van der Waals surface area contributed by atoms with Crippen LogP contribution in [0.15, 0.2) is 41.2 Å². The lowest BCUT2D eigenvalue weighted by Crippen LogP contribution is -2.38. The molecular weight excluding hydrogens is 368 g/mol. The van der Waals surface area contributed by atoms with E-state index in [1.54, 1.807) is 13.2 Å². The lowest BCUT2D eigenvalue weighted by Gasteiger charge is -2.27. The first kappa shape index (κ1) is 19.7. The third-order valence-electron chi connectivity index (χ3n) is 5.55. The number of H-pyrrole nitrogens is 1. The average molecular weight is 396 g/mol. The number of ether oxygens (including phenoxy) is 2. The van der Waals surface area contributed by atoms with Crippen LogP contribution in [0.5, 0.6) is 5.75 Å². The van der Waals surface area contributed by atoms with Gasteiger partial charge in [-0.05, 0) is 19.0 Å². The fourth-order valence-corrected chi connectivity index (χ4v) is 3.97. The van der Waals surface area contributed by atoms with Gasteiger partial charge in [-0.3, -0.25) is 14.7 Å². The van der Waals surface area contributed by atoms with E-state index in [2.05, 4.69) is 33.0 Å². The third kappa shape index (κ3) is 4.86. The number of aromatic amines is 1. The standard InChI is InChI=1S/C22H28N4O3/c1-28-20-7-3-2-5-17(20)6-4-9-25-10-8-18(16-25)19-15-21(27)24-22(23-19)26-11-13-29-14-12-26/h2-7,15,18H,8-14,16H2,1H3,(H,23,24,27)/b6-4-/t18-/m0/s1. The van der Waals surface area contributed by atoms with Gasteiger partial charge in [-0.2, -0.15) is 0 Å². The maximum absolute atomic E-state index is 12.2. The van der Waals surface area contributed by atoms with Crippen molar-refractivity contribution in [3.05, 3.63) is 58.0 Å². The van der Waals surface area contributed by atoms with Crippen LogP contribution in [0.2, 0.25) is 0 Å². The second-order valence-electron chi connectivity index (χ2n) is 7.48. The van der Waals surface area contributed by atoms with Crippen LogP contribution in [-0.2, 0) is 4.74 Å². The Kier molecular flexibility index (Phi) is 6.27. The lowest BCUT2D eigenvalue weighted by atomic mass is 10.1. The van der Waals surface area contributed by atoms with Gasteiger partial charge in [0.25, 0.3) is 5.56 Å². The van der Waals surface area contributed by atoms with Crippen LogP contribution in [0.1, 0.15) is 23.6 Å². The summed E-state index contributed by atoms with van der Waals surface area (Å²) >= 11 is 0. The average Bonchev–Trinajstić information content (AvgIpc) is 3.23. The van der Waals surface area contributed by atoms with E-state index in [-0.39, 0.29) is 11.5 Å². The third-order valence-corrected chi connectivity index (χ3v) is 5.55. The topological polar surface area (TPSA) is 70.7 Å². The molecule has 2 aliphatic heterocycles. The Morgan fingerprint density at radius 2 is 2.10 bits per heavy atom. The van der Waals surface area contributed by atoms with Crippen molar-refractivity contribution in [2.45, 2.75) is 12.3 Å². The number of benzene rings is 1. The molecule has 4 rings (SSSR count). The minimum atomic E-state index is -0.0778. The molecule has 2 aromatic rings. The summed E-state index contributed by atoms with van der Waals surface area (Å²) in [4.78, 5) is 24.3. The molecule has 0 spiro atoms. The van der Waals surface area contributed by atoms with E-state index in [9.17, 15) is 4.79 Å². The summed E-state index contributed by atoms with van der Waals surface area (Å²) in [5, 5.41) is 0. The van der Waals surface area contributed by atoms with E-state index >= 15 is 0 Å². The van der Waals surface area contributed by atoms with Gasteiger partial charge < -0.3 is 14.4 Å². The molecule has 0 radical (unpaired) electrons. The number of para-hydroxylation sites is 1. The van der Waals surface area contributed by atoms with E-state index in [1.165, 1.54) is 0 Å². The first-order chi connectivity index (χ1) is 14.2. The first-order valence-electron chi connectivity index (χ1n) is 10.2. The number of aromatic nitrogens is 2. The number of hydrogen-bond donors (Lipinski definition) is 1. The van der Waals surface area contributed by atoms with Crippen LogP contribution < -0.4 is 15.2 Å². The summed E-state index contributed by atoms with van der Waals surface area (Å²) < 4.78 is 10.8. The summed E-state index contributed by atoms with van der Waals surface area (Å²) in [6, 6.07) is 9.66. The van der Waals surface area contributed by atoms with Gasteiger partial charge in [-0.1, -0.05) is 30.4 Å². The molecule has 1 aromatic heterocycles. The Balaban J connectivity index is 1.39. The van der Waals surface area contributed by atoms with E-state index in [0.29, 0.717) is 19.2 Å². The van der Waals surface area contributed by atoms with Crippen molar-refractivity contribution in [2.24, 2.45) is 0 Å². The van der Waals surface area contributed by atoms with Crippen molar-refractivity contribution < 1.29 is 9.47 Å². The monoisotopic (exact) mass is 396 g/mol. The van der Waals surface area contributed by atoms with Crippen molar-refractivity contribution in [3.8, 4) is 5.75 Å². The Morgan fingerprint density at radius 1 is 1.28 bits per heavy atom. The molecule has 1 N–H and O–H groups in total. The minimum Gasteiger partial charge on any atom is -0.496 e. The molecule has 2 aliphatic rings. The van der Waals surface area contributed by atoms with Crippen LogP contribution in [0.4, 0.5) is 5.95 Å². The van der Waals surface area contributed by atoms with Crippen LogP contribution in [0.25, 0.3) is 6.08 Å². The van der Waals surface area contributed by atoms with Gasteiger partial charge in [0, 0.05) is 43.7 Å². The van der Waals surface area contributed by atoms with E-state index in [4.69, 9.17) is 14.5 Å². The molecule has 7 nitrogen and oxygen atoms in total. The zero-order valence-electron chi connectivity index (χ0n) is 16.8. The number of likely N-dealkylation sites (tertiary alicyclic amines) is 1. The SMILES string of the molecule is COc1ccccc1/C=C\CN1CC[C@H](c2cc(=O)[nH]c(N3CCOCC3)n2)C1. The van der Waals surface area contributed by atoms with Crippen LogP contribution in [-0.4, -0.2) is 67.9 Å². The molecule has 0 bridgehead atoms. The number of hydrogen-bond acceptors (Lipinski definition) is 6. The Bertz CT molecular complexity index is 905. The number of anilines is 1. The van der Waals surface area contributed by atoms with Crippen LogP contribution >= 0.6 is 0 Å². The highest BCUT2D eigenvalue weighted by molar-refractivity contribution is 5.57. The molecule has 2 saturated heterocycles. The quantitative estimate of drug-likeness (QED) is 0.807. The molecule has 2 fully saturated rings. The lowest BCUT2D eigenvalue weighted by molar-refractivity contribution is 0.122. The van der Waals surface area contributed by atoms with Crippen molar-refractivity contribution in [1.82, 2.24) is 14.9 Å². The molecule has 0 saturated carbocycles. The van der Waals surface area contributed by atoms with Gasteiger partial charge in [-0.15, -0.1) is 0 Å². The summed E-state index contributed by atoms with van der Waals surface area (Å²) in [7, 11) is 1.69. The number of morpholine rings is 1. The van der Waals surface area contributed by atoms with E-state index in [1.807, 2.05) is 18.2 Å². The van der Waals surface area contributed by atoms with Gasteiger partial charge in [0.15, 0.2) is 0 Å². The van der Waals surface area contributed by atoms with Gasteiger partial charge >= 0.3 is 0 Å². The first-order valence-corrected chi connectivity index (χ1v) is 10.2. The molecule has 154 valence electrons. The maximum Gasteiger partial charge on any atom is 0.252 e. The molecule has 29 heavy (non-hydrogen) atoms. The Labute approximate surface area is 171 Å². The number of rotatable bonds is 6. The zero-order valence-corrected chi connectivity index (χ0v) is 16.8. The largest absolute Gasteiger partial charge is 0.496 e. The molecular formula is C22H28N4O3. The smallest absolute Gasteiger partial charge is 0.252 e. The summed E-state index contributed by atoms with van der Waals surface area (Å²) in [6.07, 6.45) is 5.29. The molecule has 1 atom stereocenters. The van der Waals surface area contributed by atoms with Crippen molar-refractivity contribution >= 4 is 12.0 Å². The Hall–Kier alpha value is -2.64. The van der Waals surface area contributed by atoms with Crippen molar-refractivity contribution in [3.63, 3.8) is 0 Å². The van der Waals surface area contributed by atoms with Gasteiger partial charge in [-0.25, -0.2) is 4.98 Å². The zero-order chi connectivity index (χ0) is 20.1. The van der Waals surface area contributed by atoms with Gasteiger partial charge in [0.2, 0.25) is 5.95 Å². The highest BCUT2D eigenvalue weighted by atomic mass is 16.5. The van der Waals surface area contributed by atoms with Crippen LogP contribution in [0.3, 0.4) is 0 Å². The molecule has 1 aromatic carbocycles. The number of methoxy groups -OCH3 is 1. The molecule has 3 heterocycles. The van der Waals surface area contributed by atoms with Gasteiger partial charge in [0.05, 0.1) is 26.0 Å². The molecule has 7 heteroatoms. The fraction of sp³-hybridized carbons (Fsp3) is 0.455. The molecule has 0 unspecified atom stereocenters. The van der Waals surface area contributed by atoms with E-state index in [0.717, 1.165) is 56.2 Å². The van der Waals surface area contributed by atoms with Crippen molar-refractivity contribution in [2.75, 3.05) is 57.9 Å². The number of nitrogens with one attached hydrogen (secondary N) is 1. The maximum atomic E-state index is 12.2. The highest BCUT2D eigenvalue weighted by Gasteiger charge is 2.25. The second-order valence-corrected chi connectivity index (χ2v) is 7.48. The molecule has 0 amide bonds. The van der Waals surface area contributed by atoms with Crippen molar-refractivity contribution in [1.29, 1.82) is 0 Å². The Morgan fingerprint density at radius 3 is 2.93 bits per heavy atom. The fourth-order valence-electron chi connectivity index (χ4n) is 3.97. The summed E-state index contributed by atoms with van der Waals surface area (Å²) in [6.45, 7) is 5.65.